The lowest BCUT2D eigenvalue weighted by molar-refractivity contribution is -0.384. The Morgan fingerprint density at radius 3 is 2.56 bits per heavy atom. The molecule has 1 N–H and O–H groups in total. The molecule has 0 aliphatic rings. The van der Waals surface area contributed by atoms with Crippen LogP contribution in [-0.4, -0.2) is 26.4 Å². The van der Waals surface area contributed by atoms with Gasteiger partial charge < -0.3 is 9.15 Å². The number of fused-ring (bicyclic) bond motifs is 1. The highest BCUT2D eigenvalue weighted by molar-refractivity contribution is 7.92. The largest absolute Gasteiger partial charge is 0.469 e. The first-order valence-electron chi connectivity index (χ1n) is 7.64. The van der Waals surface area contributed by atoms with Crippen LogP contribution >= 0.6 is 0 Å². The van der Waals surface area contributed by atoms with E-state index in [1.54, 1.807) is 6.07 Å². The number of benzene rings is 2. The Balaban J connectivity index is 1.85. The number of hydrogen-bond acceptors (Lipinski definition) is 7. The number of furan rings is 1. The van der Waals surface area contributed by atoms with Crippen molar-refractivity contribution in [3.05, 3.63) is 64.4 Å². The minimum Gasteiger partial charge on any atom is -0.469 e. The van der Waals surface area contributed by atoms with Gasteiger partial charge in [-0.25, -0.2) is 8.42 Å². The van der Waals surface area contributed by atoms with Gasteiger partial charge >= 0.3 is 5.97 Å². The normalized spacial score (nSPS) is 11.3. The third-order valence-corrected chi connectivity index (χ3v) is 5.23. The Labute approximate surface area is 153 Å². The number of esters is 1. The fourth-order valence-corrected chi connectivity index (χ4v) is 3.52. The van der Waals surface area contributed by atoms with Crippen LogP contribution in [0.15, 0.2) is 58.0 Å². The first-order chi connectivity index (χ1) is 12.8. The average molecular weight is 390 g/mol. The summed E-state index contributed by atoms with van der Waals surface area (Å²) in [6.07, 6.45) is 1.45. The molecular formula is C17H14N2O7S. The number of non-ortho nitro benzene ring substituents is 1. The highest BCUT2D eigenvalue weighted by Gasteiger charge is 2.17. The van der Waals surface area contributed by atoms with Crippen molar-refractivity contribution in [3.8, 4) is 0 Å². The van der Waals surface area contributed by atoms with Gasteiger partial charge in [-0.3, -0.25) is 19.6 Å². The number of nitro benzene ring substituents is 1. The molecule has 0 unspecified atom stereocenters. The van der Waals surface area contributed by atoms with E-state index in [9.17, 15) is 23.3 Å². The van der Waals surface area contributed by atoms with Crippen molar-refractivity contribution in [1.29, 1.82) is 0 Å². The van der Waals surface area contributed by atoms with Crippen molar-refractivity contribution in [2.75, 3.05) is 11.8 Å². The maximum Gasteiger partial charge on any atom is 0.310 e. The van der Waals surface area contributed by atoms with Crippen LogP contribution in [0.1, 0.15) is 5.56 Å². The fraction of sp³-hybridized carbons (Fsp3) is 0.118. The number of hydrogen-bond donors (Lipinski definition) is 1. The predicted octanol–water partition coefficient (Wildman–Crippen LogP) is 2.86. The van der Waals surface area contributed by atoms with E-state index in [2.05, 4.69) is 9.46 Å². The van der Waals surface area contributed by atoms with E-state index in [1.165, 1.54) is 25.5 Å². The molecule has 0 bridgehead atoms. The summed E-state index contributed by atoms with van der Waals surface area (Å²) < 4.78 is 37.3. The number of nitro groups is 1. The van der Waals surface area contributed by atoms with Crippen molar-refractivity contribution in [1.82, 2.24) is 0 Å². The molecule has 0 atom stereocenters. The van der Waals surface area contributed by atoms with Crippen LogP contribution in [-0.2, 0) is 26.0 Å². The standard InChI is InChI=1S/C17H14N2O7S/c1-25-17(20)8-11-10-26-16-9-12(2-7-15(11)16)18-27(23,24)14-5-3-13(4-6-14)19(21)22/h2-7,9-10,18H,8H2,1H3. The van der Waals surface area contributed by atoms with Crippen LogP contribution in [0.2, 0.25) is 0 Å². The number of rotatable bonds is 6. The van der Waals surface area contributed by atoms with Crippen LogP contribution in [0.3, 0.4) is 0 Å². The van der Waals surface area contributed by atoms with Crippen molar-refractivity contribution >= 4 is 38.3 Å². The van der Waals surface area contributed by atoms with E-state index in [0.717, 1.165) is 24.3 Å². The number of nitrogens with one attached hydrogen (secondary N) is 1. The monoisotopic (exact) mass is 390 g/mol. The van der Waals surface area contributed by atoms with Gasteiger partial charge in [0, 0.05) is 29.1 Å². The number of ether oxygens (including phenoxy) is 1. The molecule has 27 heavy (non-hydrogen) atoms. The lowest BCUT2D eigenvalue weighted by Crippen LogP contribution is -2.12. The van der Waals surface area contributed by atoms with Crippen molar-refractivity contribution in [2.45, 2.75) is 11.3 Å². The average Bonchev–Trinajstić information content (AvgIpc) is 3.03. The molecule has 0 aliphatic carbocycles. The molecule has 9 nitrogen and oxygen atoms in total. The van der Waals surface area contributed by atoms with Crippen LogP contribution < -0.4 is 4.72 Å². The van der Waals surface area contributed by atoms with E-state index in [4.69, 9.17) is 4.42 Å². The van der Waals surface area contributed by atoms with Gasteiger partial charge in [0.15, 0.2) is 0 Å². The highest BCUT2D eigenvalue weighted by atomic mass is 32.2. The second-order valence-corrected chi connectivity index (χ2v) is 7.26. The second-order valence-electron chi connectivity index (χ2n) is 5.58. The number of nitrogens with zero attached hydrogens (tertiary/aromatic N) is 1. The Hall–Kier alpha value is -3.40. The van der Waals surface area contributed by atoms with Crippen LogP contribution in [0, 0.1) is 10.1 Å². The zero-order chi connectivity index (χ0) is 19.6. The number of methoxy groups -OCH3 is 1. The van der Waals surface area contributed by atoms with E-state index in [0.29, 0.717) is 16.5 Å². The Kier molecular flexibility index (Phi) is 4.82. The summed E-state index contributed by atoms with van der Waals surface area (Å²) in [4.78, 5) is 21.3. The van der Waals surface area contributed by atoms with Gasteiger partial charge in [-0.15, -0.1) is 0 Å². The fourth-order valence-electron chi connectivity index (χ4n) is 2.47. The molecule has 0 spiro atoms. The molecule has 3 aromatic rings. The number of anilines is 1. The Bertz CT molecular complexity index is 1120. The molecule has 2 aromatic carbocycles. The summed E-state index contributed by atoms with van der Waals surface area (Å²) in [7, 11) is -2.64. The molecule has 0 amide bonds. The molecule has 0 aliphatic heterocycles. The zero-order valence-electron chi connectivity index (χ0n) is 14.0. The molecule has 3 rings (SSSR count). The first kappa shape index (κ1) is 18.4. The third-order valence-electron chi connectivity index (χ3n) is 3.83. The summed E-state index contributed by atoms with van der Waals surface area (Å²) >= 11 is 0. The zero-order valence-corrected chi connectivity index (χ0v) is 14.9. The topological polar surface area (TPSA) is 129 Å². The highest BCUT2D eigenvalue weighted by Crippen LogP contribution is 2.27. The molecule has 1 aromatic heterocycles. The van der Waals surface area contributed by atoms with Gasteiger partial charge in [0.05, 0.1) is 35.3 Å². The van der Waals surface area contributed by atoms with Gasteiger partial charge in [-0.1, -0.05) is 0 Å². The van der Waals surface area contributed by atoms with Crippen LogP contribution in [0.5, 0.6) is 0 Å². The predicted molar refractivity (Wildman–Crippen MR) is 95.8 cm³/mol. The smallest absolute Gasteiger partial charge is 0.310 e. The molecule has 140 valence electrons. The number of carbonyl (C=O) groups excluding carboxylic acids is 1. The number of carbonyl (C=O) groups is 1. The summed E-state index contributed by atoms with van der Waals surface area (Å²) in [6.45, 7) is 0. The van der Waals surface area contributed by atoms with Crippen molar-refractivity contribution < 1.29 is 27.3 Å². The van der Waals surface area contributed by atoms with Crippen molar-refractivity contribution in [2.24, 2.45) is 0 Å². The Morgan fingerprint density at radius 2 is 1.93 bits per heavy atom. The van der Waals surface area contributed by atoms with Gasteiger partial charge in [-0.05, 0) is 24.3 Å². The molecule has 0 saturated heterocycles. The molecule has 0 saturated carbocycles. The minimum absolute atomic E-state index is 0.0391. The summed E-state index contributed by atoms with van der Waals surface area (Å²) in [6, 6.07) is 9.18. The van der Waals surface area contributed by atoms with E-state index >= 15 is 0 Å². The van der Waals surface area contributed by atoms with Gasteiger partial charge in [-0.2, -0.15) is 0 Å². The molecular weight excluding hydrogens is 376 g/mol. The maximum absolute atomic E-state index is 12.4. The van der Waals surface area contributed by atoms with E-state index in [1.807, 2.05) is 0 Å². The van der Waals surface area contributed by atoms with Crippen molar-refractivity contribution in [3.63, 3.8) is 0 Å². The molecule has 0 radical (unpaired) electrons. The third kappa shape index (κ3) is 3.90. The lowest BCUT2D eigenvalue weighted by Gasteiger charge is -2.08. The first-order valence-corrected chi connectivity index (χ1v) is 9.13. The van der Waals surface area contributed by atoms with Gasteiger partial charge in [0.2, 0.25) is 0 Å². The summed E-state index contributed by atoms with van der Waals surface area (Å²) in [5, 5.41) is 11.3. The SMILES string of the molecule is COC(=O)Cc1coc2cc(NS(=O)(=O)c3ccc([N+](=O)[O-])cc3)ccc12. The quantitative estimate of drug-likeness (QED) is 0.389. The van der Waals surface area contributed by atoms with Crippen LogP contribution in [0.4, 0.5) is 11.4 Å². The van der Waals surface area contributed by atoms with Gasteiger partial charge in [0.1, 0.15) is 5.58 Å². The summed E-state index contributed by atoms with van der Waals surface area (Å²) in [5.41, 5.74) is 1.07. The summed E-state index contributed by atoms with van der Waals surface area (Å²) in [5.74, 6) is -0.416. The van der Waals surface area contributed by atoms with Crippen LogP contribution in [0.25, 0.3) is 11.0 Å². The molecule has 0 fully saturated rings. The lowest BCUT2D eigenvalue weighted by atomic mass is 10.1. The maximum atomic E-state index is 12.4. The Morgan fingerprint density at radius 1 is 1.22 bits per heavy atom. The molecule has 1 heterocycles. The van der Waals surface area contributed by atoms with E-state index < -0.39 is 20.9 Å². The van der Waals surface area contributed by atoms with Gasteiger partial charge in [0.25, 0.3) is 15.7 Å². The number of sulfonamides is 1. The van der Waals surface area contributed by atoms with E-state index in [-0.39, 0.29) is 22.7 Å². The second kappa shape index (κ2) is 7.08. The molecule has 10 heteroatoms. The minimum atomic E-state index is -3.93.